The average Bonchev–Trinajstić information content (AvgIpc) is 3.88. The Morgan fingerprint density at radius 1 is 0.782 bits per heavy atom. The molecular formula is C40H57N7O7P-. The average molecular weight is 779 g/mol. The zero-order chi connectivity index (χ0) is 40.3. The summed E-state index contributed by atoms with van der Waals surface area (Å²) >= 11 is 0. The Labute approximate surface area is 322 Å². The van der Waals surface area contributed by atoms with Crippen molar-refractivity contribution in [2.45, 2.75) is 110 Å². The van der Waals surface area contributed by atoms with Crippen LogP contribution < -0.4 is 31.5 Å². The Morgan fingerprint density at radius 3 is 1.78 bits per heavy atom. The normalized spacial score (nSPS) is 17.5. The van der Waals surface area contributed by atoms with Crippen LogP contribution in [0.5, 0.6) is 0 Å². The molecule has 1 aliphatic heterocycles. The smallest absolute Gasteiger partial charge is 0.243 e. The number of hydrogen-bond acceptors (Lipinski definition) is 7. The van der Waals surface area contributed by atoms with Gasteiger partial charge in [0.2, 0.25) is 23.6 Å². The van der Waals surface area contributed by atoms with Crippen LogP contribution in [-0.2, 0) is 36.6 Å². The van der Waals surface area contributed by atoms with Gasteiger partial charge in [-0.3, -0.25) is 19.2 Å². The summed E-state index contributed by atoms with van der Waals surface area (Å²) in [7, 11) is -4.90. The minimum atomic E-state index is -4.90. The number of H-pyrrole nitrogens is 2. The molecule has 5 rings (SSSR count). The summed E-state index contributed by atoms with van der Waals surface area (Å²) in [5.41, 5.74) is 3.76. The first kappa shape index (κ1) is 43.2. The first-order valence-corrected chi connectivity index (χ1v) is 20.7. The highest BCUT2D eigenvalue weighted by molar-refractivity contribution is 7.51. The molecule has 6 atom stereocenters. The summed E-state index contributed by atoms with van der Waals surface area (Å²) in [6.07, 6.45) is 6.85. The predicted molar refractivity (Wildman–Crippen MR) is 213 cm³/mol. The van der Waals surface area contributed by atoms with E-state index >= 15 is 0 Å². The first-order valence-electron chi connectivity index (χ1n) is 19.1. The fraction of sp³-hybridized carbons (Fsp3) is 0.500. The molecule has 2 aromatic carbocycles. The standard InChI is InChI=1S/C21H31N4O5P.C19H27N3O2/c1-13(2)10-18(24-20(26)17-8-5-9-22-17)21(27)25-19(31(28,29)30)11-14-12-23-16-7-4-3-6-15(14)16;1-12(2)9-18(22-14(4)23)19(24)21-13(3)10-15-11-20-17-8-6-5-7-16(15)17/h3-4,6-7,12-13,17-19,22-23H,5,8-11H2,1-2H3,(H,24,26)(H,25,27)(H2,28,29,30);5-8,11-13,18,20H,9-10H2,1-4H3,(H,21,24)(H,22,23)/p-1. The van der Waals surface area contributed by atoms with Gasteiger partial charge in [-0.15, -0.1) is 0 Å². The highest BCUT2D eigenvalue weighted by atomic mass is 31.2. The lowest BCUT2D eigenvalue weighted by Crippen LogP contribution is -2.54. The molecule has 4 aromatic rings. The van der Waals surface area contributed by atoms with Crippen molar-refractivity contribution in [3.8, 4) is 0 Å². The molecular weight excluding hydrogens is 721 g/mol. The van der Waals surface area contributed by atoms with Gasteiger partial charge in [-0.1, -0.05) is 64.1 Å². The Bertz CT molecular complexity index is 1950. The molecule has 1 saturated heterocycles. The molecule has 6 unspecified atom stereocenters. The second-order valence-corrected chi connectivity index (χ2v) is 17.1. The van der Waals surface area contributed by atoms with Gasteiger partial charge in [0.1, 0.15) is 12.1 Å². The zero-order valence-corrected chi connectivity index (χ0v) is 33.5. The topological polar surface area (TPSA) is 220 Å². The van der Waals surface area contributed by atoms with Crippen LogP contribution in [0.1, 0.15) is 78.4 Å². The van der Waals surface area contributed by atoms with Gasteiger partial charge >= 0.3 is 0 Å². The van der Waals surface area contributed by atoms with Gasteiger partial charge in [-0.2, -0.15) is 0 Å². The SMILES string of the molecule is CC(=O)NC(CC(C)C)C(=O)NC(C)Cc1c[nH]c2ccccc12.CC(C)CC(NC(=O)C1CCCN1)C(=O)NC(Cc1c[nH]c2ccccc12)P(=O)([O-])O. The van der Waals surface area contributed by atoms with Crippen LogP contribution in [0.4, 0.5) is 0 Å². The summed E-state index contributed by atoms with van der Waals surface area (Å²) in [6.45, 7) is 12.1. The largest absolute Gasteiger partial charge is 0.777 e. The highest BCUT2D eigenvalue weighted by Crippen LogP contribution is 2.37. The highest BCUT2D eigenvalue weighted by Gasteiger charge is 2.31. The van der Waals surface area contributed by atoms with Crippen LogP contribution in [0.25, 0.3) is 21.8 Å². The Balaban J connectivity index is 0.000000253. The number of carbonyl (C=O) groups excluding carboxylic acids is 4. The van der Waals surface area contributed by atoms with E-state index in [-0.39, 0.29) is 42.1 Å². The van der Waals surface area contributed by atoms with E-state index in [0.29, 0.717) is 30.7 Å². The monoisotopic (exact) mass is 778 g/mol. The lowest BCUT2D eigenvalue weighted by atomic mass is 10.0. The number of benzene rings is 2. The predicted octanol–water partition coefficient (Wildman–Crippen LogP) is 3.75. The van der Waals surface area contributed by atoms with E-state index < -0.39 is 31.4 Å². The van der Waals surface area contributed by atoms with Gasteiger partial charge in [0.15, 0.2) is 7.60 Å². The molecule has 14 nitrogen and oxygen atoms in total. The molecule has 0 aliphatic carbocycles. The van der Waals surface area contributed by atoms with Crippen molar-refractivity contribution in [1.29, 1.82) is 0 Å². The number of carbonyl (C=O) groups is 4. The molecule has 0 saturated carbocycles. The molecule has 3 heterocycles. The summed E-state index contributed by atoms with van der Waals surface area (Å²) in [6, 6.07) is 13.8. The fourth-order valence-electron chi connectivity index (χ4n) is 6.88. The van der Waals surface area contributed by atoms with Crippen molar-refractivity contribution in [2.75, 3.05) is 6.54 Å². The first-order chi connectivity index (χ1) is 26.0. The minimum Gasteiger partial charge on any atom is -0.777 e. The maximum absolute atomic E-state index is 13.0. The number of aromatic amines is 2. The Hall–Kier alpha value is -4.49. The minimum absolute atomic E-state index is 0.0138. The number of nitrogens with one attached hydrogen (secondary N) is 7. The van der Waals surface area contributed by atoms with Crippen molar-refractivity contribution in [2.24, 2.45) is 11.8 Å². The molecule has 2 aromatic heterocycles. The summed E-state index contributed by atoms with van der Waals surface area (Å²) < 4.78 is 12.1. The number of fused-ring (bicyclic) bond motifs is 2. The van der Waals surface area contributed by atoms with Crippen molar-refractivity contribution < 1.29 is 33.5 Å². The second kappa shape index (κ2) is 19.9. The summed E-state index contributed by atoms with van der Waals surface area (Å²) in [4.78, 5) is 77.4. The van der Waals surface area contributed by atoms with E-state index in [9.17, 15) is 33.5 Å². The third-order valence-electron chi connectivity index (χ3n) is 9.50. The van der Waals surface area contributed by atoms with Crippen LogP contribution in [0.3, 0.4) is 0 Å². The van der Waals surface area contributed by atoms with Crippen LogP contribution >= 0.6 is 7.60 Å². The molecule has 0 bridgehead atoms. The third kappa shape index (κ3) is 13.1. The number of amides is 4. The van der Waals surface area contributed by atoms with Crippen molar-refractivity contribution in [3.63, 3.8) is 0 Å². The van der Waals surface area contributed by atoms with E-state index in [1.807, 2.05) is 83.3 Å². The number of aromatic nitrogens is 2. The lowest BCUT2D eigenvalue weighted by molar-refractivity contribution is -0.197. The molecule has 1 fully saturated rings. The number of rotatable bonds is 16. The maximum atomic E-state index is 13.0. The van der Waals surface area contributed by atoms with E-state index in [1.165, 1.54) is 17.9 Å². The van der Waals surface area contributed by atoms with Crippen molar-refractivity contribution >= 4 is 53.0 Å². The maximum Gasteiger partial charge on any atom is 0.243 e. The van der Waals surface area contributed by atoms with Gasteiger partial charge in [0.25, 0.3) is 0 Å². The van der Waals surface area contributed by atoms with Crippen LogP contribution in [0.2, 0.25) is 0 Å². The van der Waals surface area contributed by atoms with E-state index in [0.717, 1.165) is 35.8 Å². The van der Waals surface area contributed by atoms with Crippen molar-refractivity contribution in [1.82, 2.24) is 36.6 Å². The van der Waals surface area contributed by atoms with Crippen LogP contribution in [0, 0.1) is 11.8 Å². The Morgan fingerprint density at radius 2 is 1.29 bits per heavy atom. The lowest BCUT2D eigenvalue weighted by Gasteiger charge is -2.30. The molecule has 15 heteroatoms. The van der Waals surface area contributed by atoms with Crippen molar-refractivity contribution in [3.05, 3.63) is 72.1 Å². The van der Waals surface area contributed by atoms with Gasteiger partial charge in [0, 0.05) is 53.6 Å². The van der Waals surface area contributed by atoms with Gasteiger partial charge in [0.05, 0.1) is 11.8 Å². The van der Waals surface area contributed by atoms with E-state index in [2.05, 4.69) is 42.6 Å². The van der Waals surface area contributed by atoms with E-state index in [1.54, 1.807) is 6.20 Å². The third-order valence-corrected chi connectivity index (χ3v) is 10.6. The second-order valence-electron chi connectivity index (χ2n) is 15.3. The van der Waals surface area contributed by atoms with Gasteiger partial charge in [-0.05, 0) is 80.7 Å². The summed E-state index contributed by atoms with van der Waals surface area (Å²) in [5.74, 6) is -2.29. The van der Waals surface area contributed by atoms with E-state index in [4.69, 9.17) is 0 Å². The quantitative estimate of drug-likeness (QED) is 0.0782. The molecule has 0 radical (unpaired) electrons. The van der Waals surface area contributed by atoms with Crippen LogP contribution in [0.15, 0.2) is 60.9 Å². The van der Waals surface area contributed by atoms with Gasteiger partial charge < -0.3 is 50.9 Å². The zero-order valence-electron chi connectivity index (χ0n) is 32.6. The van der Waals surface area contributed by atoms with Crippen LogP contribution in [-0.4, -0.2) is 75.0 Å². The number of para-hydroxylation sites is 2. The molecule has 8 N–H and O–H groups in total. The molecule has 300 valence electrons. The molecule has 55 heavy (non-hydrogen) atoms. The number of hydrogen-bond donors (Lipinski definition) is 8. The molecule has 1 aliphatic rings. The fourth-order valence-corrected chi connectivity index (χ4v) is 7.60. The Kier molecular flexibility index (Phi) is 15.6. The van der Waals surface area contributed by atoms with Gasteiger partial charge in [-0.25, -0.2) is 0 Å². The molecule has 0 spiro atoms. The molecule has 4 amide bonds. The summed E-state index contributed by atoms with van der Waals surface area (Å²) in [5, 5.41) is 16.0.